The molecule has 0 fully saturated rings. The topological polar surface area (TPSA) is 111 Å². The molecule has 1 heterocycles. The van der Waals surface area contributed by atoms with Gasteiger partial charge in [-0.05, 0) is 72.2 Å². The van der Waals surface area contributed by atoms with Gasteiger partial charge in [-0.2, -0.15) is 0 Å². The first-order chi connectivity index (χ1) is 41.0. The summed E-state index contributed by atoms with van der Waals surface area (Å²) in [5.74, 6) is 3.07. The summed E-state index contributed by atoms with van der Waals surface area (Å²) in [6.07, 6.45) is 0. The lowest BCUT2D eigenvalue weighted by atomic mass is 10.1. The van der Waals surface area contributed by atoms with E-state index in [9.17, 15) is 0 Å². The molecule has 8 aromatic carbocycles. The number of hydrogen-bond donors (Lipinski definition) is 0. The van der Waals surface area contributed by atoms with Gasteiger partial charge in [-0.15, -0.1) is 0 Å². The second-order valence-corrected chi connectivity index (χ2v) is 21.7. The maximum absolute atomic E-state index is 6.34. The molecule has 0 unspecified atom stereocenters. The summed E-state index contributed by atoms with van der Waals surface area (Å²) in [6, 6.07) is 50.2. The summed E-state index contributed by atoms with van der Waals surface area (Å²) >= 11 is 0. The van der Waals surface area contributed by atoms with Gasteiger partial charge in [0.15, 0.2) is 0 Å². The van der Waals surface area contributed by atoms with E-state index in [0.717, 1.165) is 134 Å². The van der Waals surface area contributed by atoms with Crippen molar-refractivity contribution in [3.05, 3.63) is 257 Å². The van der Waals surface area contributed by atoms with Crippen molar-refractivity contribution < 1.29 is 56.8 Å². The fourth-order valence-electron chi connectivity index (χ4n) is 11.1. The Balaban J connectivity index is 0.887. The molecule has 84 heavy (non-hydrogen) atoms. The van der Waals surface area contributed by atoms with E-state index in [0.29, 0.717) is 106 Å². The Bertz CT molecular complexity index is 2800. The van der Waals surface area contributed by atoms with Crippen molar-refractivity contribution >= 4 is 0 Å². The van der Waals surface area contributed by atoms with Gasteiger partial charge in [-0.1, -0.05) is 168 Å². The Morgan fingerprint density at radius 2 is 0.357 bits per heavy atom. The zero-order chi connectivity index (χ0) is 58.6. The number of hydrogen-bond acceptors (Lipinski definition) is 12. The Hall–Kier alpha value is -7.36. The molecule has 0 spiro atoms. The van der Waals surface area contributed by atoms with Crippen molar-refractivity contribution in [1.29, 1.82) is 0 Å². The fraction of sp³-hybridized carbons (Fsp3) is 0.333. The van der Waals surface area contributed by atoms with Crippen LogP contribution in [0.25, 0.3) is 0 Å². The molecule has 0 aromatic heterocycles. The van der Waals surface area contributed by atoms with E-state index in [1.807, 2.05) is 24.3 Å². The van der Waals surface area contributed by atoms with Crippen LogP contribution in [0.2, 0.25) is 0 Å². The van der Waals surface area contributed by atoms with E-state index < -0.39 is 0 Å². The highest BCUT2D eigenvalue weighted by Crippen LogP contribution is 2.33. The van der Waals surface area contributed by atoms with Crippen LogP contribution >= 0.6 is 0 Å². The second kappa shape index (κ2) is 31.0. The van der Waals surface area contributed by atoms with Crippen molar-refractivity contribution in [2.45, 2.75) is 133 Å². The van der Waals surface area contributed by atoms with Crippen LogP contribution in [-0.2, 0) is 144 Å². The van der Waals surface area contributed by atoms with E-state index in [-0.39, 0.29) is 0 Å². The van der Waals surface area contributed by atoms with E-state index in [4.69, 9.17) is 56.8 Å². The maximum Gasteiger partial charge on any atom is 0.129 e. The van der Waals surface area contributed by atoms with Crippen molar-refractivity contribution in [2.24, 2.45) is 0 Å². The zero-order valence-corrected chi connectivity index (χ0v) is 50.1. The maximum atomic E-state index is 6.34. The molecular weight excluding hydrogens is 1060 g/mol. The minimum Gasteiger partial charge on any atom is -0.496 e. The highest BCUT2D eigenvalue weighted by molar-refractivity contribution is 5.47. The highest BCUT2D eigenvalue weighted by atomic mass is 16.5. The molecule has 1 aliphatic heterocycles. The van der Waals surface area contributed by atoms with Crippen LogP contribution in [-0.4, -0.2) is 28.4 Å². The Kier molecular flexibility index (Phi) is 22.6. The number of benzene rings is 8. The molecule has 0 saturated carbocycles. The summed E-state index contributed by atoms with van der Waals surface area (Å²) in [5.41, 5.74) is 20.5. The molecule has 0 aliphatic carbocycles. The molecule has 0 atom stereocenters. The normalized spacial score (nSPS) is 15.0. The summed E-state index contributed by atoms with van der Waals surface area (Å²) in [6.45, 7) is 14.8. The predicted octanol–water partition coefficient (Wildman–Crippen LogP) is 15.0. The first-order valence-corrected chi connectivity index (χ1v) is 28.6. The molecule has 440 valence electrons. The van der Waals surface area contributed by atoms with Crippen LogP contribution in [0.1, 0.15) is 111 Å². The van der Waals surface area contributed by atoms with Crippen molar-refractivity contribution in [1.82, 2.24) is 0 Å². The third kappa shape index (κ3) is 17.4. The van der Waals surface area contributed by atoms with E-state index >= 15 is 0 Å². The van der Waals surface area contributed by atoms with Gasteiger partial charge >= 0.3 is 0 Å². The van der Waals surface area contributed by atoms with Gasteiger partial charge in [0, 0.05) is 44.5 Å². The number of ether oxygens (including phenoxy) is 12. The average molecular weight is 1140 g/mol. The largest absolute Gasteiger partial charge is 0.496 e. The van der Waals surface area contributed by atoms with E-state index in [1.54, 1.807) is 28.4 Å². The third-order valence-corrected chi connectivity index (χ3v) is 14.5. The monoisotopic (exact) mass is 1140 g/mol. The molecule has 16 bridgehead atoms. The van der Waals surface area contributed by atoms with Gasteiger partial charge in [0.1, 0.15) is 23.0 Å². The number of aryl methyl sites for hydroxylation is 4. The molecule has 12 heteroatoms. The van der Waals surface area contributed by atoms with E-state index in [1.165, 1.54) is 0 Å². The van der Waals surface area contributed by atoms with Gasteiger partial charge in [0.2, 0.25) is 0 Å². The minimum atomic E-state index is 0.377. The summed E-state index contributed by atoms with van der Waals surface area (Å²) < 4.78 is 74.6. The summed E-state index contributed by atoms with van der Waals surface area (Å²) in [7, 11) is 6.79. The SMILES string of the molecule is COc1c2cc(C)cc1COCc1cccc(c1)COCc1cc(C)cc(c1OC)COCc1cccc(c1)COCc1cc(C)cc(c1OC)COCc1cccc(c1)COCc1cc(C)cc(c1OC)COCc1cccc(c1)COC2. The van der Waals surface area contributed by atoms with E-state index in [2.05, 4.69) is 149 Å². The molecule has 12 nitrogen and oxygen atoms in total. The lowest BCUT2D eigenvalue weighted by Crippen LogP contribution is -2.05. The number of rotatable bonds is 4. The van der Waals surface area contributed by atoms with Crippen molar-refractivity contribution in [3.8, 4) is 23.0 Å². The molecule has 9 rings (SSSR count). The smallest absolute Gasteiger partial charge is 0.129 e. The molecule has 0 amide bonds. The molecule has 0 saturated heterocycles. The first kappa shape index (κ1) is 61.2. The van der Waals surface area contributed by atoms with Crippen LogP contribution in [0.3, 0.4) is 0 Å². The predicted molar refractivity (Wildman–Crippen MR) is 325 cm³/mol. The second-order valence-electron chi connectivity index (χ2n) is 21.7. The van der Waals surface area contributed by atoms with Crippen molar-refractivity contribution in [2.75, 3.05) is 28.4 Å². The first-order valence-electron chi connectivity index (χ1n) is 28.6. The average Bonchev–Trinajstić information content (AvgIpc) is 3.53. The van der Waals surface area contributed by atoms with Crippen LogP contribution < -0.4 is 18.9 Å². The lowest BCUT2D eigenvalue weighted by molar-refractivity contribution is 0.0961. The standard InChI is InChI=1S/C72H80O12/c1-49-21-61-41-77-33-53-13-9-15-55(29-53)35-79-43-63-23-50(2)25-65(70(63)74-6)45-81-37-57-17-11-19-59(31-57)39-83-47-67-27-52(4)28-68(72(67)76-8)48-84-40-60-20-12-18-58(32-60)38-82-46-66-26-51(3)24-64(71(66)75-7)44-80-36-56-16-10-14-54(30-56)34-78-42-62(22-49)69(61)73-5/h9-32H,33-48H2,1-8H3. The highest BCUT2D eigenvalue weighted by Gasteiger charge is 2.17. The van der Waals surface area contributed by atoms with Crippen LogP contribution in [0.5, 0.6) is 23.0 Å². The Labute approximate surface area is 496 Å². The van der Waals surface area contributed by atoms with Gasteiger partial charge in [0.05, 0.1) is 134 Å². The third-order valence-electron chi connectivity index (χ3n) is 14.5. The Morgan fingerprint density at radius 3 is 0.488 bits per heavy atom. The summed E-state index contributed by atoms with van der Waals surface area (Å²) in [4.78, 5) is 0. The van der Waals surface area contributed by atoms with Crippen LogP contribution in [0, 0.1) is 27.7 Å². The van der Waals surface area contributed by atoms with Crippen molar-refractivity contribution in [3.63, 3.8) is 0 Å². The van der Waals surface area contributed by atoms with Gasteiger partial charge < -0.3 is 56.8 Å². The molecule has 1 aliphatic rings. The van der Waals surface area contributed by atoms with Gasteiger partial charge in [0.25, 0.3) is 0 Å². The lowest BCUT2D eigenvalue weighted by Gasteiger charge is -2.17. The molecule has 0 radical (unpaired) electrons. The molecule has 0 N–H and O–H groups in total. The molecule has 8 aromatic rings. The quantitative estimate of drug-likeness (QED) is 0.167. The summed E-state index contributed by atoms with van der Waals surface area (Å²) in [5, 5.41) is 0. The van der Waals surface area contributed by atoms with Crippen LogP contribution in [0.15, 0.2) is 146 Å². The number of fused-ring (bicyclic) bond motifs is 16. The number of methoxy groups -OCH3 is 4. The molecular formula is C72H80O12. The van der Waals surface area contributed by atoms with Gasteiger partial charge in [-0.3, -0.25) is 0 Å². The minimum absolute atomic E-state index is 0.377. The Morgan fingerprint density at radius 1 is 0.214 bits per heavy atom. The van der Waals surface area contributed by atoms with Gasteiger partial charge in [-0.25, -0.2) is 0 Å². The van der Waals surface area contributed by atoms with Crippen LogP contribution in [0.4, 0.5) is 0 Å². The zero-order valence-electron chi connectivity index (χ0n) is 50.1. The fourth-order valence-corrected chi connectivity index (χ4v) is 11.1.